The quantitative estimate of drug-likeness (QED) is 0.795. The van der Waals surface area contributed by atoms with Crippen LogP contribution in [0.2, 0.25) is 0 Å². The molecule has 1 atom stereocenters. The summed E-state index contributed by atoms with van der Waals surface area (Å²) in [6.45, 7) is 7.32. The zero-order valence-electron chi connectivity index (χ0n) is 9.23. The summed E-state index contributed by atoms with van der Waals surface area (Å²) in [5, 5.41) is 0. The fourth-order valence-corrected chi connectivity index (χ4v) is 1.59. The minimum absolute atomic E-state index is 0.0309. The van der Waals surface area contributed by atoms with E-state index in [0.29, 0.717) is 5.56 Å². The van der Waals surface area contributed by atoms with E-state index in [2.05, 4.69) is 0 Å². The third-order valence-corrected chi connectivity index (χ3v) is 2.75. The maximum absolute atomic E-state index is 14.7. The molecule has 0 fully saturated rings. The lowest BCUT2D eigenvalue weighted by Gasteiger charge is -2.36. The van der Waals surface area contributed by atoms with Crippen LogP contribution in [0, 0.1) is 12.3 Å². The molecule has 0 radical (unpaired) electrons. The van der Waals surface area contributed by atoms with Crippen molar-refractivity contribution in [3.8, 4) is 0 Å². The lowest BCUT2D eigenvalue weighted by Crippen LogP contribution is -2.42. The highest BCUT2D eigenvalue weighted by Gasteiger charge is 2.44. The van der Waals surface area contributed by atoms with Gasteiger partial charge in [-0.3, -0.25) is 0 Å². The van der Waals surface area contributed by atoms with E-state index >= 15 is 0 Å². The molecule has 80 valence electrons. The number of hydrogen-bond donors (Lipinski definition) is 1. The summed E-state index contributed by atoms with van der Waals surface area (Å²) in [5.74, 6) is 0. The van der Waals surface area contributed by atoms with Crippen molar-refractivity contribution in [3.63, 3.8) is 0 Å². The molecule has 14 heavy (non-hydrogen) atoms. The summed E-state index contributed by atoms with van der Waals surface area (Å²) in [5.41, 5.74) is 4.86. The van der Waals surface area contributed by atoms with E-state index in [1.807, 2.05) is 27.7 Å². The van der Waals surface area contributed by atoms with Crippen LogP contribution in [0.1, 0.15) is 31.9 Å². The molecule has 1 aromatic heterocycles. The zero-order chi connectivity index (χ0) is 11.0. The Labute approximate surface area is 84.3 Å². The van der Waals surface area contributed by atoms with Crippen molar-refractivity contribution < 1.29 is 8.81 Å². The highest BCUT2D eigenvalue weighted by molar-refractivity contribution is 5.29. The third-order valence-electron chi connectivity index (χ3n) is 2.75. The van der Waals surface area contributed by atoms with E-state index in [4.69, 9.17) is 10.2 Å². The number of aryl methyl sites for hydroxylation is 1. The molecule has 0 aliphatic heterocycles. The van der Waals surface area contributed by atoms with Gasteiger partial charge in [-0.2, -0.15) is 0 Å². The molecule has 0 saturated heterocycles. The first kappa shape index (κ1) is 11.2. The number of nitrogens with two attached hydrogens (primary N) is 1. The molecule has 0 saturated carbocycles. The lowest BCUT2D eigenvalue weighted by molar-refractivity contribution is 0.0332. The molecule has 0 aliphatic carbocycles. The Hall–Kier alpha value is -0.830. The van der Waals surface area contributed by atoms with Crippen LogP contribution < -0.4 is 5.73 Å². The van der Waals surface area contributed by atoms with Crippen LogP contribution in [0.15, 0.2) is 16.9 Å². The Balaban J connectivity index is 3.22. The average Bonchev–Trinajstić information content (AvgIpc) is 2.48. The minimum Gasteiger partial charge on any atom is -0.472 e. The average molecular weight is 199 g/mol. The second-order valence-electron chi connectivity index (χ2n) is 4.72. The minimum atomic E-state index is -1.52. The van der Waals surface area contributed by atoms with Crippen molar-refractivity contribution >= 4 is 0 Å². The van der Waals surface area contributed by atoms with Crippen LogP contribution in [-0.4, -0.2) is 6.54 Å². The van der Waals surface area contributed by atoms with Gasteiger partial charge in [-0.25, -0.2) is 4.39 Å². The molecule has 2 N–H and O–H groups in total. The van der Waals surface area contributed by atoms with Crippen molar-refractivity contribution in [3.05, 3.63) is 23.7 Å². The molecule has 3 heteroatoms. The first-order chi connectivity index (χ1) is 6.33. The van der Waals surface area contributed by atoms with E-state index < -0.39 is 11.1 Å². The van der Waals surface area contributed by atoms with Crippen LogP contribution in [0.3, 0.4) is 0 Å². The highest BCUT2D eigenvalue weighted by atomic mass is 19.1. The largest absolute Gasteiger partial charge is 0.472 e. The first-order valence-corrected chi connectivity index (χ1v) is 4.75. The topological polar surface area (TPSA) is 39.2 Å². The molecule has 0 amide bonds. The molecular weight excluding hydrogens is 181 g/mol. The number of alkyl halides is 1. The van der Waals surface area contributed by atoms with E-state index in [9.17, 15) is 4.39 Å². The van der Waals surface area contributed by atoms with Gasteiger partial charge < -0.3 is 10.2 Å². The van der Waals surface area contributed by atoms with Gasteiger partial charge in [0.05, 0.1) is 12.5 Å². The van der Waals surface area contributed by atoms with Gasteiger partial charge in [-0.15, -0.1) is 0 Å². The Kier molecular flexibility index (Phi) is 2.72. The fourth-order valence-electron chi connectivity index (χ4n) is 1.59. The maximum atomic E-state index is 14.7. The number of rotatable bonds is 2. The van der Waals surface area contributed by atoms with Crippen LogP contribution in [0.5, 0.6) is 0 Å². The van der Waals surface area contributed by atoms with Gasteiger partial charge in [0.15, 0.2) is 5.67 Å². The van der Waals surface area contributed by atoms with Gasteiger partial charge in [-0.05, 0) is 12.5 Å². The molecule has 1 rings (SSSR count). The van der Waals surface area contributed by atoms with Crippen molar-refractivity contribution in [2.45, 2.75) is 33.4 Å². The summed E-state index contributed by atoms with van der Waals surface area (Å²) in [4.78, 5) is 0. The molecular formula is C11H18FNO. The van der Waals surface area contributed by atoms with Gasteiger partial charge in [0, 0.05) is 17.5 Å². The molecule has 2 nitrogen and oxygen atoms in total. The van der Waals surface area contributed by atoms with Gasteiger partial charge in [0.25, 0.3) is 0 Å². The number of halogens is 1. The Morgan fingerprint density at radius 1 is 1.36 bits per heavy atom. The second-order valence-corrected chi connectivity index (χ2v) is 4.72. The van der Waals surface area contributed by atoms with E-state index in [1.54, 1.807) is 6.26 Å². The van der Waals surface area contributed by atoms with Crippen LogP contribution in [0.25, 0.3) is 0 Å². The molecule has 1 heterocycles. The van der Waals surface area contributed by atoms with Crippen molar-refractivity contribution in [1.82, 2.24) is 0 Å². The molecule has 1 unspecified atom stereocenters. The number of hydrogen-bond acceptors (Lipinski definition) is 2. The molecule has 0 bridgehead atoms. The van der Waals surface area contributed by atoms with Gasteiger partial charge in [-0.1, -0.05) is 20.8 Å². The predicted octanol–water partition coefficient (Wildman–Crippen LogP) is 2.76. The standard InChI is InChI=1S/C11H18FNO/c1-8-5-14-6-9(8)11(12,7-13)10(2,3)4/h5-6H,7,13H2,1-4H3. The lowest BCUT2D eigenvalue weighted by atomic mass is 9.73. The summed E-state index contributed by atoms with van der Waals surface area (Å²) in [7, 11) is 0. The van der Waals surface area contributed by atoms with Gasteiger partial charge in [0.2, 0.25) is 0 Å². The molecule has 0 aromatic carbocycles. The van der Waals surface area contributed by atoms with E-state index in [-0.39, 0.29) is 6.54 Å². The molecule has 0 spiro atoms. The second kappa shape index (κ2) is 3.39. The fraction of sp³-hybridized carbons (Fsp3) is 0.636. The number of furan rings is 1. The monoisotopic (exact) mass is 199 g/mol. The van der Waals surface area contributed by atoms with Gasteiger partial charge >= 0.3 is 0 Å². The smallest absolute Gasteiger partial charge is 0.156 e. The van der Waals surface area contributed by atoms with Crippen molar-refractivity contribution in [2.24, 2.45) is 11.1 Å². The highest BCUT2D eigenvalue weighted by Crippen LogP contribution is 2.43. The maximum Gasteiger partial charge on any atom is 0.156 e. The summed E-state index contributed by atoms with van der Waals surface area (Å²) < 4.78 is 19.7. The molecule has 1 aromatic rings. The summed E-state index contributed by atoms with van der Waals surface area (Å²) in [6, 6.07) is 0. The van der Waals surface area contributed by atoms with Gasteiger partial charge in [0.1, 0.15) is 0 Å². The Morgan fingerprint density at radius 2 is 1.93 bits per heavy atom. The summed E-state index contributed by atoms with van der Waals surface area (Å²) >= 11 is 0. The SMILES string of the molecule is Cc1cocc1C(F)(CN)C(C)(C)C. The predicted molar refractivity (Wildman–Crippen MR) is 54.7 cm³/mol. The van der Waals surface area contributed by atoms with Crippen LogP contribution in [-0.2, 0) is 5.67 Å². The van der Waals surface area contributed by atoms with Crippen LogP contribution in [0.4, 0.5) is 4.39 Å². The Morgan fingerprint density at radius 3 is 2.21 bits per heavy atom. The van der Waals surface area contributed by atoms with E-state index in [1.165, 1.54) is 6.26 Å². The van der Waals surface area contributed by atoms with E-state index in [0.717, 1.165) is 5.56 Å². The van der Waals surface area contributed by atoms with Crippen molar-refractivity contribution in [2.75, 3.05) is 6.54 Å². The normalized spacial score (nSPS) is 16.7. The van der Waals surface area contributed by atoms with Crippen LogP contribution >= 0.6 is 0 Å². The summed E-state index contributed by atoms with van der Waals surface area (Å²) in [6.07, 6.45) is 3.00. The first-order valence-electron chi connectivity index (χ1n) is 4.75. The zero-order valence-corrected chi connectivity index (χ0v) is 9.23. The third kappa shape index (κ3) is 1.57. The molecule has 0 aliphatic rings. The van der Waals surface area contributed by atoms with Crippen molar-refractivity contribution in [1.29, 1.82) is 0 Å². The Bertz CT molecular complexity index is 313.